The Labute approximate surface area is 335 Å². The zero-order chi connectivity index (χ0) is 39.9. The molecule has 9 nitrogen and oxygen atoms in total. The molecule has 3 aliphatic heterocycles. The summed E-state index contributed by atoms with van der Waals surface area (Å²) < 4.78 is 12.8. The van der Waals surface area contributed by atoms with E-state index in [2.05, 4.69) is 38.2 Å². The molecular weight excluding hydrogens is 731 g/mol. The monoisotopic (exact) mass is 779 g/mol. The average Bonchev–Trinajstić information content (AvgIpc) is 3.67. The van der Waals surface area contributed by atoms with E-state index in [1.54, 1.807) is 12.0 Å². The molecule has 0 aliphatic carbocycles. The van der Waals surface area contributed by atoms with E-state index in [1.807, 2.05) is 119 Å². The lowest BCUT2D eigenvalue weighted by molar-refractivity contribution is -0.151. The SMILES string of the molecule is COc1ccc([Si](C)(C)[C@@H]2[C@@H](CC(=O)N3Cc4ccccc4C[C@H]3CO)O[C@]3(C(=O)N(Cc4ccc(N(C=O)c5ccccc5)cc4)c4ccccc43)[C@H]2C)cc1. The third kappa shape index (κ3) is 6.65. The van der Waals surface area contributed by atoms with Crippen molar-refractivity contribution in [3.05, 3.63) is 150 Å². The molecule has 292 valence electrons. The molecule has 0 saturated carbocycles. The summed E-state index contributed by atoms with van der Waals surface area (Å²) >= 11 is 0. The number of carbonyl (C=O) groups is 3. The van der Waals surface area contributed by atoms with Crippen molar-refractivity contribution in [2.24, 2.45) is 5.92 Å². The standard InChI is InChI=1S/C47H49N3O6Si/c1-32-45(57(3,4)40-24-22-39(55-2)23-25-40)43(27-44(53)48-29-35-13-9-8-12-34(35)26-38(48)30-51)56-47(32)41-16-10-11-17-42(41)49(46(47)54)28-33-18-20-37(21-19-33)50(31-52)36-14-6-5-7-15-36/h5-25,31-32,38,43,45,51H,26-30H2,1-4H3/t32-,38-,43+,45-,47+/m0/s1. The Morgan fingerprint density at radius 2 is 1.54 bits per heavy atom. The van der Waals surface area contributed by atoms with Crippen LogP contribution in [0, 0.1) is 5.92 Å². The topological polar surface area (TPSA) is 99.6 Å². The van der Waals surface area contributed by atoms with Crippen LogP contribution < -0.4 is 19.7 Å². The van der Waals surface area contributed by atoms with Crippen LogP contribution in [-0.2, 0) is 44.2 Å². The van der Waals surface area contributed by atoms with Crippen molar-refractivity contribution >= 4 is 48.5 Å². The molecule has 8 rings (SSSR count). The highest BCUT2D eigenvalue weighted by molar-refractivity contribution is 6.91. The van der Waals surface area contributed by atoms with Crippen LogP contribution >= 0.6 is 0 Å². The van der Waals surface area contributed by atoms with E-state index in [-0.39, 0.29) is 42.3 Å². The van der Waals surface area contributed by atoms with E-state index in [0.29, 0.717) is 19.5 Å². The molecule has 57 heavy (non-hydrogen) atoms. The van der Waals surface area contributed by atoms with Gasteiger partial charge < -0.3 is 24.4 Å². The quantitative estimate of drug-likeness (QED) is 0.114. The molecule has 1 fully saturated rings. The number of methoxy groups -OCH3 is 1. The number of rotatable bonds is 11. The van der Waals surface area contributed by atoms with Gasteiger partial charge >= 0.3 is 0 Å². The highest BCUT2D eigenvalue weighted by Gasteiger charge is 2.66. The van der Waals surface area contributed by atoms with Crippen molar-refractivity contribution in [2.75, 3.05) is 23.5 Å². The Kier molecular flexibility index (Phi) is 10.4. The molecule has 0 unspecified atom stereocenters. The largest absolute Gasteiger partial charge is 0.497 e. The summed E-state index contributed by atoms with van der Waals surface area (Å²) in [4.78, 5) is 47.2. The van der Waals surface area contributed by atoms with Gasteiger partial charge in [0.05, 0.1) is 52.6 Å². The molecule has 0 bridgehead atoms. The molecule has 3 heterocycles. The van der Waals surface area contributed by atoms with E-state index in [9.17, 15) is 14.7 Å². The number of benzene rings is 5. The van der Waals surface area contributed by atoms with Gasteiger partial charge in [-0.05, 0) is 71.1 Å². The third-order valence-corrected chi connectivity index (χ3v) is 17.1. The van der Waals surface area contributed by atoms with Gasteiger partial charge in [-0.1, -0.05) is 110 Å². The van der Waals surface area contributed by atoms with Gasteiger partial charge in [0, 0.05) is 29.4 Å². The zero-order valence-corrected chi connectivity index (χ0v) is 33.9. The second-order valence-corrected chi connectivity index (χ2v) is 20.8. The Balaban J connectivity index is 1.14. The predicted octanol–water partition coefficient (Wildman–Crippen LogP) is 7.09. The highest BCUT2D eigenvalue weighted by Crippen LogP contribution is 2.60. The van der Waals surface area contributed by atoms with Crippen molar-refractivity contribution in [2.45, 2.75) is 69.2 Å². The Morgan fingerprint density at radius 3 is 2.23 bits per heavy atom. The molecule has 3 amide bonds. The van der Waals surface area contributed by atoms with Crippen LogP contribution in [0.25, 0.3) is 0 Å². The number of para-hydroxylation sites is 2. The van der Waals surface area contributed by atoms with Gasteiger partial charge in [0.25, 0.3) is 5.91 Å². The lowest BCUT2D eigenvalue weighted by atomic mass is 9.82. The number of aliphatic hydroxyl groups is 1. The number of hydrogen-bond donors (Lipinski definition) is 1. The molecule has 10 heteroatoms. The van der Waals surface area contributed by atoms with Crippen molar-refractivity contribution in [1.29, 1.82) is 0 Å². The summed E-state index contributed by atoms with van der Waals surface area (Å²) in [5.74, 6) is 0.268. The maximum absolute atomic E-state index is 15.3. The highest BCUT2D eigenvalue weighted by atomic mass is 28.3. The fraction of sp³-hybridized carbons (Fsp3) is 0.298. The fourth-order valence-electron chi connectivity index (χ4n) is 9.76. The van der Waals surface area contributed by atoms with E-state index in [4.69, 9.17) is 9.47 Å². The van der Waals surface area contributed by atoms with Crippen LogP contribution in [0.1, 0.15) is 35.6 Å². The molecule has 5 aromatic rings. The number of nitrogens with zero attached hydrogens (tertiary/aromatic N) is 3. The normalized spacial score (nSPS) is 22.6. The van der Waals surface area contributed by atoms with Crippen LogP contribution in [0.2, 0.25) is 18.6 Å². The lowest BCUT2D eigenvalue weighted by Crippen LogP contribution is -2.52. The number of amides is 3. The third-order valence-electron chi connectivity index (χ3n) is 12.7. The smallest absolute Gasteiger partial charge is 0.264 e. The van der Waals surface area contributed by atoms with Crippen molar-refractivity contribution in [3.8, 4) is 5.75 Å². The molecule has 0 radical (unpaired) electrons. The summed E-state index contributed by atoms with van der Waals surface area (Å²) in [7, 11) is -0.846. The Hall–Kier alpha value is -5.55. The van der Waals surface area contributed by atoms with E-state index >= 15 is 4.79 Å². The van der Waals surface area contributed by atoms with E-state index in [0.717, 1.165) is 51.5 Å². The summed E-state index contributed by atoms with van der Waals surface area (Å²) in [6.07, 6.45) is 0.917. The van der Waals surface area contributed by atoms with Gasteiger partial charge in [-0.2, -0.15) is 0 Å². The molecule has 1 spiro atoms. The molecule has 1 saturated heterocycles. The first-order valence-electron chi connectivity index (χ1n) is 19.7. The molecule has 0 aromatic heterocycles. The van der Waals surface area contributed by atoms with Gasteiger partial charge in [0.15, 0.2) is 5.60 Å². The zero-order valence-electron chi connectivity index (χ0n) is 32.9. The first-order chi connectivity index (χ1) is 27.6. The molecular formula is C47H49N3O6Si. The minimum Gasteiger partial charge on any atom is -0.497 e. The average molecular weight is 780 g/mol. The second-order valence-electron chi connectivity index (χ2n) is 16.1. The number of hydrogen-bond acceptors (Lipinski definition) is 6. The van der Waals surface area contributed by atoms with Crippen LogP contribution in [0.5, 0.6) is 5.75 Å². The minimum atomic E-state index is -2.50. The maximum Gasteiger partial charge on any atom is 0.264 e. The molecule has 5 aromatic carbocycles. The van der Waals surface area contributed by atoms with Gasteiger partial charge in [-0.15, -0.1) is 0 Å². The van der Waals surface area contributed by atoms with Crippen molar-refractivity contribution in [3.63, 3.8) is 0 Å². The number of anilines is 3. The predicted molar refractivity (Wildman–Crippen MR) is 224 cm³/mol. The van der Waals surface area contributed by atoms with Crippen molar-refractivity contribution < 1.29 is 29.0 Å². The Morgan fingerprint density at radius 1 is 0.895 bits per heavy atom. The number of fused-ring (bicyclic) bond motifs is 3. The minimum absolute atomic E-state index is 0.0853. The summed E-state index contributed by atoms with van der Waals surface area (Å²) in [6.45, 7) is 7.34. The first kappa shape index (κ1) is 38.3. The van der Waals surface area contributed by atoms with Gasteiger partial charge in [-0.25, -0.2) is 0 Å². The molecule has 5 atom stereocenters. The fourth-order valence-corrected chi connectivity index (χ4v) is 13.8. The first-order valence-corrected chi connectivity index (χ1v) is 22.8. The molecule has 3 aliphatic rings. The number of carbonyl (C=O) groups excluding carboxylic acids is 3. The number of ether oxygens (including phenoxy) is 2. The summed E-state index contributed by atoms with van der Waals surface area (Å²) in [5, 5.41) is 11.7. The Bertz CT molecular complexity index is 2270. The van der Waals surface area contributed by atoms with Crippen LogP contribution in [0.3, 0.4) is 0 Å². The van der Waals surface area contributed by atoms with Gasteiger partial charge in [0.2, 0.25) is 12.3 Å². The van der Waals surface area contributed by atoms with Gasteiger partial charge in [-0.3, -0.25) is 19.3 Å². The summed E-state index contributed by atoms with van der Waals surface area (Å²) in [6, 6.07) is 41.0. The van der Waals surface area contributed by atoms with Crippen molar-refractivity contribution in [1.82, 2.24) is 4.90 Å². The van der Waals surface area contributed by atoms with E-state index < -0.39 is 19.8 Å². The second kappa shape index (κ2) is 15.4. The maximum atomic E-state index is 15.3. The van der Waals surface area contributed by atoms with E-state index in [1.165, 1.54) is 5.19 Å². The summed E-state index contributed by atoms with van der Waals surface area (Å²) in [5.41, 5.74) is 4.79. The van der Waals surface area contributed by atoms with Crippen LogP contribution in [0.15, 0.2) is 127 Å². The molecule has 1 N–H and O–H groups in total. The van der Waals surface area contributed by atoms with Crippen LogP contribution in [0.4, 0.5) is 17.1 Å². The van der Waals surface area contributed by atoms with Gasteiger partial charge in [0.1, 0.15) is 5.75 Å². The number of aliphatic hydroxyl groups excluding tert-OH is 1. The lowest BCUT2D eigenvalue weighted by Gasteiger charge is -2.39. The van der Waals surface area contributed by atoms with Crippen LogP contribution in [-0.4, -0.2) is 62.2 Å².